The number of benzene rings is 2. The normalized spacial score (nSPS) is 16.7. The molecule has 2 amide bonds. The van der Waals surface area contributed by atoms with Gasteiger partial charge < -0.3 is 15.0 Å². The Morgan fingerprint density at radius 3 is 2.55 bits per heavy atom. The lowest BCUT2D eigenvalue weighted by molar-refractivity contribution is -0.150. The molecule has 8 heteroatoms. The molecule has 1 fully saturated rings. The number of carbonyl (C=O) groups is 3. The summed E-state index contributed by atoms with van der Waals surface area (Å²) in [6.45, 7) is 3.58. The minimum absolute atomic E-state index is 0.0438. The maximum absolute atomic E-state index is 14.1. The lowest BCUT2D eigenvalue weighted by Crippen LogP contribution is -2.47. The van der Waals surface area contributed by atoms with Crippen LogP contribution in [0, 0.1) is 17.6 Å². The molecule has 2 aromatic rings. The molecule has 1 aliphatic heterocycles. The molecule has 0 radical (unpaired) electrons. The SMILES string of the molecule is CC(C)[C@H](NC(=O)C[C@@H]1CCC(=O)N1Cc1cccc(F)c1F)C(=O)OCc1ccccc1. The first-order chi connectivity index (χ1) is 15.8. The van der Waals surface area contributed by atoms with E-state index in [2.05, 4.69) is 5.32 Å². The zero-order valence-electron chi connectivity index (χ0n) is 18.7. The van der Waals surface area contributed by atoms with E-state index in [4.69, 9.17) is 4.74 Å². The fraction of sp³-hybridized carbons (Fsp3) is 0.400. The van der Waals surface area contributed by atoms with E-state index in [1.807, 2.05) is 30.3 Å². The Bertz CT molecular complexity index is 997. The van der Waals surface area contributed by atoms with Crippen LogP contribution in [0.15, 0.2) is 48.5 Å². The highest BCUT2D eigenvalue weighted by molar-refractivity contribution is 5.86. The van der Waals surface area contributed by atoms with Gasteiger partial charge in [0.1, 0.15) is 12.6 Å². The van der Waals surface area contributed by atoms with E-state index in [0.29, 0.717) is 6.42 Å². The van der Waals surface area contributed by atoms with Gasteiger partial charge in [-0.2, -0.15) is 0 Å². The smallest absolute Gasteiger partial charge is 0.329 e. The zero-order valence-corrected chi connectivity index (χ0v) is 18.7. The zero-order chi connectivity index (χ0) is 24.0. The van der Waals surface area contributed by atoms with Gasteiger partial charge in [-0.25, -0.2) is 13.6 Å². The molecule has 2 aromatic carbocycles. The van der Waals surface area contributed by atoms with Crippen molar-refractivity contribution in [3.63, 3.8) is 0 Å². The largest absolute Gasteiger partial charge is 0.459 e. The van der Waals surface area contributed by atoms with Crippen molar-refractivity contribution in [2.24, 2.45) is 5.92 Å². The summed E-state index contributed by atoms with van der Waals surface area (Å²) in [6, 6.07) is 11.7. The highest BCUT2D eigenvalue weighted by atomic mass is 19.2. The van der Waals surface area contributed by atoms with E-state index in [1.165, 1.54) is 17.0 Å². The summed E-state index contributed by atoms with van der Waals surface area (Å²) in [4.78, 5) is 39.0. The van der Waals surface area contributed by atoms with Crippen molar-refractivity contribution in [1.29, 1.82) is 0 Å². The maximum Gasteiger partial charge on any atom is 0.329 e. The maximum atomic E-state index is 14.1. The van der Waals surface area contributed by atoms with Crippen molar-refractivity contribution in [3.8, 4) is 0 Å². The number of hydrogen-bond donors (Lipinski definition) is 1. The van der Waals surface area contributed by atoms with Gasteiger partial charge in [-0.05, 0) is 24.0 Å². The number of nitrogens with one attached hydrogen (secondary N) is 1. The van der Waals surface area contributed by atoms with Gasteiger partial charge in [0, 0.05) is 31.0 Å². The topological polar surface area (TPSA) is 75.7 Å². The molecule has 3 rings (SSSR count). The van der Waals surface area contributed by atoms with Crippen LogP contribution < -0.4 is 5.32 Å². The van der Waals surface area contributed by atoms with E-state index in [0.717, 1.165) is 11.6 Å². The van der Waals surface area contributed by atoms with Gasteiger partial charge in [0.05, 0.1) is 0 Å². The van der Waals surface area contributed by atoms with Crippen LogP contribution in [0.3, 0.4) is 0 Å². The molecule has 0 unspecified atom stereocenters. The number of carbonyl (C=O) groups excluding carboxylic acids is 3. The highest BCUT2D eigenvalue weighted by Crippen LogP contribution is 2.25. The molecule has 1 aliphatic rings. The van der Waals surface area contributed by atoms with Crippen molar-refractivity contribution in [3.05, 3.63) is 71.3 Å². The van der Waals surface area contributed by atoms with Crippen LogP contribution >= 0.6 is 0 Å². The molecular weight excluding hydrogens is 430 g/mol. The first-order valence-corrected chi connectivity index (χ1v) is 11.0. The third kappa shape index (κ3) is 6.37. The number of rotatable bonds is 9. The third-order valence-electron chi connectivity index (χ3n) is 5.71. The molecule has 2 atom stereocenters. The van der Waals surface area contributed by atoms with Crippen molar-refractivity contribution in [2.45, 2.75) is 58.3 Å². The Morgan fingerprint density at radius 2 is 1.85 bits per heavy atom. The summed E-state index contributed by atoms with van der Waals surface area (Å²) in [6.07, 6.45) is 0.605. The van der Waals surface area contributed by atoms with Gasteiger partial charge >= 0.3 is 5.97 Å². The number of hydrogen-bond acceptors (Lipinski definition) is 4. The Balaban J connectivity index is 1.60. The van der Waals surface area contributed by atoms with E-state index in [-0.39, 0.29) is 43.4 Å². The molecule has 0 saturated carbocycles. The fourth-order valence-corrected chi connectivity index (χ4v) is 3.84. The van der Waals surface area contributed by atoms with Gasteiger partial charge in [0.25, 0.3) is 0 Å². The van der Waals surface area contributed by atoms with Gasteiger partial charge in [-0.1, -0.05) is 56.3 Å². The second kappa shape index (κ2) is 11.0. The first-order valence-electron chi connectivity index (χ1n) is 11.0. The number of nitrogens with zero attached hydrogens (tertiary/aromatic N) is 1. The second-order valence-corrected chi connectivity index (χ2v) is 8.51. The quantitative estimate of drug-likeness (QED) is 0.581. The van der Waals surface area contributed by atoms with Crippen LogP contribution in [0.1, 0.15) is 44.2 Å². The Hall–Kier alpha value is -3.29. The Morgan fingerprint density at radius 1 is 1.12 bits per heavy atom. The summed E-state index contributed by atoms with van der Waals surface area (Å²) in [7, 11) is 0. The van der Waals surface area contributed by atoms with Crippen molar-refractivity contribution in [1.82, 2.24) is 10.2 Å². The lowest BCUT2D eigenvalue weighted by Gasteiger charge is -2.26. The third-order valence-corrected chi connectivity index (χ3v) is 5.71. The molecule has 0 aromatic heterocycles. The van der Waals surface area contributed by atoms with Crippen molar-refractivity contribution >= 4 is 17.8 Å². The summed E-state index contributed by atoms with van der Waals surface area (Å²) < 4.78 is 33.0. The second-order valence-electron chi connectivity index (χ2n) is 8.51. The molecule has 176 valence electrons. The van der Waals surface area contributed by atoms with Crippen LogP contribution in [-0.4, -0.2) is 34.8 Å². The molecular formula is C25H28F2N2O4. The summed E-state index contributed by atoms with van der Waals surface area (Å²) in [5, 5.41) is 2.71. The van der Waals surface area contributed by atoms with Crippen molar-refractivity contribution in [2.75, 3.05) is 0 Å². The summed E-state index contributed by atoms with van der Waals surface area (Å²) in [5.74, 6) is -3.36. The van der Waals surface area contributed by atoms with Crippen LogP contribution in [-0.2, 0) is 32.3 Å². The van der Waals surface area contributed by atoms with Crippen LogP contribution in [0.5, 0.6) is 0 Å². The number of amides is 2. The number of halogens is 2. The molecule has 0 spiro atoms. The van der Waals surface area contributed by atoms with E-state index < -0.39 is 35.6 Å². The lowest BCUT2D eigenvalue weighted by atomic mass is 10.0. The van der Waals surface area contributed by atoms with Crippen molar-refractivity contribution < 1.29 is 27.9 Å². The standard InChI is InChI=1S/C25H28F2N2O4/c1-16(2)24(25(32)33-15-17-7-4-3-5-8-17)28-21(30)13-19-11-12-22(31)29(19)14-18-9-6-10-20(26)23(18)27/h3-10,16,19,24H,11-15H2,1-2H3,(H,28,30)/t19-,24-/m0/s1. The van der Waals surface area contributed by atoms with E-state index >= 15 is 0 Å². The summed E-state index contributed by atoms with van der Waals surface area (Å²) >= 11 is 0. The Kier molecular flexibility index (Phi) is 8.14. The van der Waals surface area contributed by atoms with Gasteiger partial charge in [0.2, 0.25) is 11.8 Å². The molecule has 1 heterocycles. The number of esters is 1. The average molecular weight is 459 g/mol. The average Bonchev–Trinajstić information content (AvgIpc) is 3.13. The molecule has 6 nitrogen and oxygen atoms in total. The van der Waals surface area contributed by atoms with Gasteiger partial charge in [-0.15, -0.1) is 0 Å². The molecule has 1 N–H and O–H groups in total. The van der Waals surface area contributed by atoms with Gasteiger partial charge in [0.15, 0.2) is 11.6 Å². The minimum atomic E-state index is -0.999. The molecule has 0 aliphatic carbocycles. The van der Waals surface area contributed by atoms with E-state index in [1.54, 1.807) is 13.8 Å². The monoisotopic (exact) mass is 458 g/mol. The predicted molar refractivity (Wildman–Crippen MR) is 118 cm³/mol. The van der Waals surface area contributed by atoms with Crippen LogP contribution in [0.2, 0.25) is 0 Å². The van der Waals surface area contributed by atoms with Crippen LogP contribution in [0.25, 0.3) is 0 Å². The van der Waals surface area contributed by atoms with Gasteiger partial charge in [-0.3, -0.25) is 9.59 Å². The Labute approximate surface area is 191 Å². The first kappa shape index (κ1) is 24.4. The minimum Gasteiger partial charge on any atom is -0.459 e. The number of ether oxygens (including phenoxy) is 1. The summed E-state index contributed by atoms with van der Waals surface area (Å²) in [5.41, 5.74) is 0.893. The predicted octanol–water partition coefficient (Wildman–Crippen LogP) is 3.73. The molecule has 33 heavy (non-hydrogen) atoms. The fourth-order valence-electron chi connectivity index (χ4n) is 3.84. The number of likely N-dealkylation sites (tertiary alicyclic amines) is 1. The van der Waals surface area contributed by atoms with Crippen LogP contribution in [0.4, 0.5) is 8.78 Å². The molecule has 0 bridgehead atoms. The highest BCUT2D eigenvalue weighted by Gasteiger charge is 2.34. The molecule has 1 saturated heterocycles. The van der Waals surface area contributed by atoms with E-state index in [9.17, 15) is 23.2 Å².